The van der Waals surface area contributed by atoms with Crippen LogP contribution in [0.25, 0.3) is 11.3 Å². The van der Waals surface area contributed by atoms with E-state index in [1.54, 1.807) is 31.9 Å². The lowest BCUT2D eigenvalue weighted by atomic mass is 10.0. The molecule has 0 radical (unpaired) electrons. The summed E-state index contributed by atoms with van der Waals surface area (Å²) in [6, 6.07) is 20.5. The minimum absolute atomic E-state index is 0.126. The van der Waals surface area contributed by atoms with E-state index in [-0.39, 0.29) is 18.0 Å². The first-order valence-corrected chi connectivity index (χ1v) is 13.9. The minimum atomic E-state index is -1.08. The van der Waals surface area contributed by atoms with Gasteiger partial charge in [0.2, 0.25) is 5.88 Å². The molecule has 3 heterocycles. The van der Waals surface area contributed by atoms with Crippen LogP contribution in [0.2, 0.25) is 5.02 Å². The van der Waals surface area contributed by atoms with Gasteiger partial charge in [-0.15, -0.1) is 0 Å². The Balaban J connectivity index is 1.29. The maximum atomic E-state index is 13.8. The van der Waals surface area contributed by atoms with Gasteiger partial charge in [-0.05, 0) is 62.9 Å². The lowest BCUT2D eigenvalue weighted by Crippen LogP contribution is -2.49. The van der Waals surface area contributed by atoms with Crippen LogP contribution in [-0.2, 0) is 19.1 Å². The van der Waals surface area contributed by atoms with Crippen molar-refractivity contribution in [3.8, 4) is 17.1 Å². The Kier molecular flexibility index (Phi) is 8.12. The fourth-order valence-corrected chi connectivity index (χ4v) is 5.60. The van der Waals surface area contributed by atoms with Crippen LogP contribution in [0.1, 0.15) is 56.8 Å². The number of halogens is 1. The molecule has 0 bridgehead atoms. The highest BCUT2D eigenvalue weighted by atomic mass is 35.5. The molecule has 2 aliphatic rings. The van der Waals surface area contributed by atoms with Gasteiger partial charge in [-0.25, -0.2) is 4.98 Å². The number of hydrogen-bond acceptors (Lipinski definition) is 6. The Bertz CT molecular complexity index is 1380. The minimum Gasteiger partial charge on any atom is -0.481 e. The lowest BCUT2D eigenvalue weighted by molar-refractivity contribution is -0.163. The summed E-state index contributed by atoms with van der Waals surface area (Å²) in [5, 5.41) is 3.63. The molecule has 2 amide bonds. The molecular formula is C31H34ClN3O5. The van der Waals surface area contributed by atoms with E-state index in [4.69, 9.17) is 25.8 Å². The van der Waals surface area contributed by atoms with Gasteiger partial charge in [0.25, 0.3) is 11.8 Å². The summed E-state index contributed by atoms with van der Waals surface area (Å²) in [5.41, 5.74) is 3.60. The molecule has 8 nitrogen and oxygen atoms in total. The maximum Gasteiger partial charge on any atom is 0.255 e. The van der Waals surface area contributed by atoms with Crippen molar-refractivity contribution in [2.75, 3.05) is 13.7 Å². The van der Waals surface area contributed by atoms with Gasteiger partial charge < -0.3 is 24.4 Å². The first kappa shape index (κ1) is 28.1. The zero-order valence-electron chi connectivity index (χ0n) is 23.1. The standard InChI is InChI=1S/C31H34ClN3O5/c1-19(20-13-15-21(16-14-20)24-10-6-12-26(34-24)38-4)33-29(36)27-28(40-31(2,3)39-27)30(37)35-17-7-11-25(35)22-8-5-9-23(32)18-22/h5-6,8-10,12-16,18-19,25,27-28H,7,11,17H2,1-4H3,(H,33,36)/t19-,25+,27+,28+/m0/s1. The molecule has 0 unspecified atom stereocenters. The summed E-state index contributed by atoms with van der Waals surface area (Å²) in [5.74, 6) is -1.19. The summed E-state index contributed by atoms with van der Waals surface area (Å²) in [7, 11) is 1.58. The fourth-order valence-electron chi connectivity index (χ4n) is 5.40. The van der Waals surface area contributed by atoms with Crippen molar-refractivity contribution >= 4 is 23.4 Å². The van der Waals surface area contributed by atoms with E-state index < -0.39 is 23.9 Å². The van der Waals surface area contributed by atoms with Crippen molar-refractivity contribution in [3.63, 3.8) is 0 Å². The third-order valence-corrected chi connectivity index (χ3v) is 7.60. The van der Waals surface area contributed by atoms with Crippen LogP contribution in [-0.4, -0.2) is 53.3 Å². The summed E-state index contributed by atoms with van der Waals surface area (Å²) in [6.07, 6.45) is -0.456. The number of aromatic nitrogens is 1. The molecule has 9 heteroatoms. The number of nitrogens with zero attached hydrogens (tertiary/aromatic N) is 2. The van der Waals surface area contributed by atoms with E-state index >= 15 is 0 Å². The van der Waals surface area contributed by atoms with Crippen LogP contribution < -0.4 is 10.1 Å². The van der Waals surface area contributed by atoms with Gasteiger partial charge in [-0.2, -0.15) is 0 Å². The van der Waals surface area contributed by atoms with Gasteiger partial charge in [0.05, 0.1) is 24.9 Å². The van der Waals surface area contributed by atoms with Crippen molar-refractivity contribution in [3.05, 3.63) is 82.9 Å². The first-order valence-electron chi connectivity index (χ1n) is 13.5. The first-order chi connectivity index (χ1) is 19.1. The third-order valence-electron chi connectivity index (χ3n) is 7.37. The summed E-state index contributed by atoms with van der Waals surface area (Å²) < 4.78 is 17.2. The highest BCUT2D eigenvalue weighted by molar-refractivity contribution is 6.30. The quantitative estimate of drug-likeness (QED) is 0.410. The number of benzene rings is 2. The molecule has 2 saturated heterocycles. The van der Waals surface area contributed by atoms with Crippen LogP contribution in [0.15, 0.2) is 66.7 Å². The topological polar surface area (TPSA) is 90.0 Å². The molecule has 2 aromatic carbocycles. The number of amides is 2. The molecule has 4 atom stereocenters. The van der Waals surface area contributed by atoms with E-state index in [0.29, 0.717) is 17.4 Å². The van der Waals surface area contributed by atoms with Crippen LogP contribution >= 0.6 is 11.6 Å². The van der Waals surface area contributed by atoms with E-state index in [1.165, 1.54) is 0 Å². The Labute approximate surface area is 239 Å². The second-order valence-corrected chi connectivity index (χ2v) is 11.1. The number of likely N-dealkylation sites (tertiary alicyclic amines) is 1. The maximum absolute atomic E-state index is 13.8. The predicted octanol–water partition coefficient (Wildman–Crippen LogP) is 5.47. The number of ether oxygens (including phenoxy) is 3. The molecule has 0 saturated carbocycles. The zero-order valence-corrected chi connectivity index (χ0v) is 23.9. The van der Waals surface area contributed by atoms with Crippen molar-refractivity contribution in [2.24, 2.45) is 0 Å². The van der Waals surface area contributed by atoms with Gasteiger partial charge in [-0.1, -0.05) is 54.1 Å². The molecule has 1 aromatic heterocycles. The number of rotatable bonds is 7. The summed E-state index contributed by atoms with van der Waals surface area (Å²) in [6.45, 7) is 5.90. The monoisotopic (exact) mass is 563 g/mol. The highest BCUT2D eigenvalue weighted by Crippen LogP contribution is 2.37. The van der Waals surface area contributed by atoms with Crippen LogP contribution in [0, 0.1) is 0 Å². The van der Waals surface area contributed by atoms with Gasteiger partial charge >= 0.3 is 0 Å². The Hall–Kier alpha value is -3.46. The molecular weight excluding hydrogens is 530 g/mol. The van der Waals surface area contributed by atoms with Gasteiger partial charge in [0, 0.05) is 23.2 Å². The normalized spacial score (nSPS) is 22.6. The van der Waals surface area contributed by atoms with Crippen molar-refractivity contribution in [2.45, 2.75) is 63.7 Å². The predicted molar refractivity (Wildman–Crippen MR) is 152 cm³/mol. The number of carbonyl (C=O) groups is 2. The fraction of sp³-hybridized carbons (Fsp3) is 0.387. The van der Waals surface area contributed by atoms with E-state index in [9.17, 15) is 9.59 Å². The molecule has 40 heavy (non-hydrogen) atoms. The average Bonchev–Trinajstić information content (AvgIpc) is 3.57. The van der Waals surface area contributed by atoms with Crippen molar-refractivity contribution in [1.29, 1.82) is 0 Å². The van der Waals surface area contributed by atoms with Gasteiger partial charge in [-0.3, -0.25) is 9.59 Å². The van der Waals surface area contributed by atoms with Crippen LogP contribution in [0.4, 0.5) is 0 Å². The molecule has 2 aliphatic heterocycles. The molecule has 0 aliphatic carbocycles. The van der Waals surface area contributed by atoms with Crippen LogP contribution in [0.5, 0.6) is 5.88 Å². The molecule has 5 rings (SSSR count). The van der Waals surface area contributed by atoms with Gasteiger partial charge in [0.15, 0.2) is 18.0 Å². The number of pyridine rings is 1. The van der Waals surface area contributed by atoms with E-state index in [1.807, 2.05) is 67.6 Å². The summed E-state index contributed by atoms with van der Waals surface area (Å²) >= 11 is 6.22. The third kappa shape index (κ3) is 5.99. The Morgan fingerprint density at radius 2 is 1.80 bits per heavy atom. The molecule has 3 aromatic rings. The van der Waals surface area contributed by atoms with E-state index in [0.717, 1.165) is 35.2 Å². The van der Waals surface area contributed by atoms with E-state index in [2.05, 4.69) is 10.3 Å². The highest BCUT2D eigenvalue weighted by Gasteiger charge is 2.51. The van der Waals surface area contributed by atoms with Crippen LogP contribution in [0.3, 0.4) is 0 Å². The van der Waals surface area contributed by atoms with Gasteiger partial charge in [0.1, 0.15) is 0 Å². The second kappa shape index (κ2) is 11.6. The smallest absolute Gasteiger partial charge is 0.255 e. The molecule has 210 valence electrons. The molecule has 2 fully saturated rings. The number of nitrogens with one attached hydrogen (secondary N) is 1. The van der Waals surface area contributed by atoms with Crippen molar-refractivity contribution < 1.29 is 23.8 Å². The summed E-state index contributed by atoms with van der Waals surface area (Å²) in [4.78, 5) is 33.5. The average molecular weight is 564 g/mol. The Morgan fingerprint density at radius 3 is 2.52 bits per heavy atom. The zero-order chi connectivity index (χ0) is 28.4. The second-order valence-electron chi connectivity index (χ2n) is 10.6. The number of hydrogen-bond donors (Lipinski definition) is 1. The van der Waals surface area contributed by atoms with Crippen molar-refractivity contribution in [1.82, 2.24) is 15.2 Å². The lowest BCUT2D eigenvalue weighted by Gasteiger charge is -2.29. The number of methoxy groups -OCH3 is 1. The molecule has 0 spiro atoms. The molecule has 1 N–H and O–H groups in total. The number of carbonyl (C=O) groups excluding carboxylic acids is 2. The SMILES string of the molecule is COc1cccc(-c2ccc([C@H](C)NC(=O)[C@@H]3OC(C)(C)O[C@H]3C(=O)N3CCC[C@@H]3c3cccc(Cl)c3)cc2)n1. The Morgan fingerprint density at radius 1 is 1.07 bits per heavy atom. The largest absolute Gasteiger partial charge is 0.481 e.